The molecule has 1 aromatic carbocycles. The van der Waals surface area contributed by atoms with Crippen molar-refractivity contribution in [2.45, 2.75) is 50.0 Å². The summed E-state index contributed by atoms with van der Waals surface area (Å²) in [6.45, 7) is 1.67. The van der Waals surface area contributed by atoms with E-state index < -0.39 is 5.41 Å². The Hall–Kier alpha value is -1.42. The van der Waals surface area contributed by atoms with Gasteiger partial charge in [-0.15, -0.1) is 0 Å². The van der Waals surface area contributed by atoms with Crippen LogP contribution in [0.25, 0.3) is 0 Å². The van der Waals surface area contributed by atoms with Gasteiger partial charge in [0.25, 0.3) is 0 Å². The van der Waals surface area contributed by atoms with E-state index in [0.717, 1.165) is 57.2 Å². The Balaban J connectivity index is 1.61. The Morgan fingerprint density at radius 3 is 2.48 bits per heavy atom. The van der Waals surface area contributed by atoms with Crippen molar-refractivity contribution < 1.29 is 9.18 Å². The highest BCUT2D eigenvalue weighted by Crippen LogP contribution is 2.45. The maximum atomic E-state index is 13.4. The molecule has 0 radical (unpaired) electrons. The van der Waals surface area contributed by atoms with Gasteiger partial charge in [0.15, 0.2) is 0 Å². The molecule has 3 unspecified atom stereocenters. The van der Waals surface area contributed by atoms with E-state index in [1.54, 1.807) is 12.1 Å². The van der Waals surface area contributed by atoms with Crippen LogP contribution < -0.4 is 5.73 Å². The van der Waals surface area contributed by atoms with Crippen LogP contribution in [0.3, 0.4) is 0 Å². The van der Waals surface area contributed by atoms with Crippen molar-refractivity contribution in [3.63, 3.8) is 0 Å². The summed E-state index contributed by atoms with van der Waals surface area (Å²) in [6, 6.07) is 6.83. The standard InChI is InChI=1S/C19H25FN2O/c20-15-6-4-14(5-7-15)19(9-1-2-10-19)18(23)22-11-13-3-8-17(21)16(13)12-22/h4-7,13,16-17H,1-3,8-12,21H2. The van der Waals surface area contributed by atoms with Gasteiger partial charge in [-0.1, -0.05) is 25.0 Å². The van der Waals surface area contributed by atoms with Crippen LogP contribution in [0.1, 0.15) is 44.1 Å². The Morgan fingerprint density at radius 2 is 1.83 bits per heavy atom. The lowest BCUT2D eigenvalue weighted by molar-refractivity contribution is -0.136. The number of amides is 1. The van der Waals surface area contributed by atoms with Crippen molar-refractivity contribution >= 4 is 5.91 Å². The number of likely N-dealkylation sites (tertiary alicyclic amines) is 1. The van der Waals surface area contributed by atoms with Crippen LogP contribution in [0.15, 0.2) is 24.3 Å². The average molecular weight is 316 g/mol. The number of halogens is 1. The van der Waals surface area contributed by atoms with E-state index in [2.05, 4.69) is 4.90 Å². The third-order valence-electron chi connectivity index (χ3n) is 6.46. The quantitative estimate of drug-likeness (QED) is 0.912. The van der Waals surface area contributed by atoms with E-state index in [0.29, 0.717) is 11.8 Å². The van der Waals surface area contributed by atoms with Gasteiger partial charge in [-0.25, -0.2) is 4.39 Å². The van der Waals surface area contributed by atoms with E-state index in [1.165, 1.54) is 12.1 Å². The van der Waals surface area contributed by atoms with Crippen molar-refractivity contribution in [1.82, 2.24) is 4.90 Å². The molecule has 2 aliphatic carbocycles. The predicted octanol–water partition coefficient (Wildman–Crippen LogP) is 2.83. The minimum Gasteiger partial charge on any atom is -0.341 e. The zero-order valence-corrected chi connectivity index (χ0v) is 13.5. The molecule has 2 saturated carbocycles. The molecule has 124 valence electrons. The summed E-state index contributed by atoms with van der Waals surface area (Å²) in [4.78, 5) is 15.4. The van der Waals surface area contributed by atoms with Crippen LogP contribution in [-0.2, 0) is 10.2 Å². The van der Waals surface area contributed by atoms with Crippen LogP contribution in [0.2, 0.25) is 0 Å². The Morgan fingerprint density at radius 1 is 1.13 bits per heavy atom. The molecule has 0 bridgehead atoms. The molecule has 0 aromatic heterocycles. The lowest BCUT2D eigenvalue weighted by atomic mass is 9.77. The van der Waals surface area contributed by atoms with E-state index in [9.17, 15) is 9.18 Å². The third kappa shape index (κ3) is 2.38. The van der Waals surface area contributed by atoms with Gasteiger partial charge in [0.2, 0.25) is 5.91 Å². The summed E-state index contributed by atoms with van der Waals surface area (Å²) in [5.74, 6) is 1.07. The molecule has 1 saturated heterocycles. The fourth-order valence-electron chi connectivity index (χ4n) is 5.15. The maximum absolute atomic E-state index is 13.4. The number of hydrogen-bond donors (Lipinski definition) is 1. The smallest absolute Gasteiger partial charge is 0.233 e. The van der Waals surface area contributed by atoms with Gasteiger partial charge in [-0.2, -0.15) is 0 Å². The Kier molecular flexibility index (Phi) is 3.67. The van der Waals surface area contributed by atoms with Gasteiger partial charge in [0.05, 0.1) is 5.41 Å². The summed E-state index contributed by atoms with van der Waals surface area (Å²) in [7, 11) is 0. The Labute approximate surface area is 137 Å². The highest BCUT2D eigenvalue weighted by Gasteiger charge is 2.49. The minimum absolute atomic E-state index is 0.240. The van der Waals surface area contributed by atoms with E-state index in [4.69, 9.17) is 5.73 Å². The molecule has 1 amide bonds. The number of carbonyl (C=O) groups excluding carboxylic acids is 1. The van der Waals surface area contributed by atoms with Crippen molar-refractivity contribution in [2.75, 3.05) is 13.1 Å². The molecule has 4 rings (SSSR count). The number of fused-ring (bicyclic) bond motifs is 1. The van der Waals surface area contributed by atoms with Crippen molar-refractivity contribution in [3.8, 4) is 0 Å². The summed E-state index contributed by atoms with van der Waals surface area (Å²) >= 11 is 0. The molecule has 1 heterocycles. The lowest BCUT2D eigenvalue weighted by Crippen LogP contribution is -2.45. The first-order valence-corrected chi connectivity index (χ1v) is 8.91. The molecule has 1 aliphatic heterocycles. The molecule has 4 heteroatoms. The van der Waals surface area contributed by atoms with Crippen LogP contribution in [-0.4, -0.2) is 29.9 Å². The average Bonchev–Trinajstić information content (AvgIpc) is 3.26. The summed E-state index contributed by atoms with van der Waals surface area (Å²) in [6.07, 6.45) is 6.16. The van der Waals surface area contributed by atoms with Crippen LogP contribution in [0.4, 0.5) is 4.39 Å². The molecule has 2 N–H and O–H groups in total. The largest absolute Gasteiger partial charge is 0.341 e. The number of nitrogens with zero attached hydrogens (tertiary/aromatic N) is 1. The fourth-order valence-corrected chi connectivity index (χ4v) is 5.15. The topological polar surface area (TPSA) is 46.3 Å². The summed E-state index contributed by atoms with van der Waals surface area (Å²) in [5, 5.41) is 0. The predicted molar refractivity (Wildman–Crippen MR) is 87.3 cm³/mol. The summed E-state index contributed by atoms with van der Waals surface area (Å²) in [5.41, 5.74) is 6.77. The van der Waals surface area contributed by atoms with Gasteiger partial charge < -0.3 is 10.6 Å². The SMILES string of the molecule is NC1CCC2CN(C(=O)C3(c4ccc(F)cc4)CCCC3)CC12. The molecular weight excluding hydrogens is 291 g/mol. The van der Waals surface area contributed by atoms with Crippen molar-refractivity contribution in [1.29, 1.82) is 0 Å². The van der Waals surface area contributed by atoms with Gasteiger partial charge in [0, 0.05) is 19.1 Å². The zero-order chi connectivity index (χ0) is 16.0. The minimum atomic E-state index is -0.434. The highest BCUT2D eigenvalue weighted by atomic mass is 19.1. The second-order valence-corrected chi connectivity index (χ2v) is 7.67. The molecule has 3 aliphatic rings. The van der Waals surface area contributed by atoms with Crippen LogP contribution in [0.5, 0.6) is 0 Å². The first-order chi connectivity index (χ1) is 11.1. The maximum Gasteiger partial charge on any atom is 0.233 e. The van der Waals surface area contributed by atoms with Crippen molar-refractivity contribution in [3.05, 3.63) is 35.6 Å². The molecular formula is C19H25FN2O. The zero-order valence-electron chi connectivity index (χ0n) is 13.5. The molecule has 0 spiro atoms. The molecule has 1 aromatic rings. The number of hydrogen-bond acceptors (Lipinski definition) is 2. The van der Waals surface area contributed by atoms with Crippen molar-refractivity contribution in [2.24, 2.45) is 17.6 Å². The molecule has 3 atom stereocenters. The fraction of sp³-hybridized carbons (Fsp3) is 0.632. The first-order valence-electron chi connectivity index (χ1n) is 8.91. The van der Waals surface area contributed by atoms with Crippen LogP contribution >= 0.6 is 0 Å². The van der Waals surface area contributed by atoms with Gasteiger partial charge in [0.1, 0.15) is 5.82 Å². The van der Waals surface area contributed by atoms with E-state index in [-0.39, 0.29) is 17.8 Å². The number of carbonyl (C=O) groups is 1. The normalized spacial score (nSPS) is 32.3. The number of nitrogens with two attached hydrogens (primary N) is 1. The Bertz CT molecular complexity index is 594. The molecule has 3 nitrogen and oxygen atoms in total. The van der Waals surface area contributed by atoms with E-state index >= 15 is 0 Å². The van der Waals surface area contributed by atoms with Gasteiger partial charge in [-0.3, -0.25) is 4.79 Å². The van der Waals surface area contributed by atoms with Gasteiger partial charge >= 0.3 is 0 Å². The van der Waals surface area contributed by atoms with E-state index in [1.807, 2.05) is 0 Å². The second kappa shape index (κ2) is 5.59. The first kappa shape index (κ1) is 15.1. The number of rotatable bonds is 2. The lowest BCUT2D eigenvalue weighted by Gasteiger charge is -2.33. The molecule has 3 fully saturated rings. The summed E-state index contributed by atoms with van der Waals surface area (Å²) < 4.78 is 13.3. The van der Waals surface area contributed by atoms with Crippen LogP contribution in [0, 0.1) is 17.7 Å². The molecule has 23 heavy (non-hydrogen) atoms. The second-order valence-electron chi connectivity index (χ2n) is 7.67. The van der Waals surface area contributed by atoms with Gasteiger partial charge in [-0.05, 0) is 55.2 Å². The third-order valence-corrected chi connectivity index (χ3v) is 6.46. The number of benzene rings is 1. The highest BCUT2D eigenvalue weighted by molar-refractivity contribution is 5.89. The monoisotopic (exact) mass is 316 g/mol.